The first-order valence-corrected chi connectivity index (χ1v) is 10.6. The van der Waals surface area contributed by atoms with Gasteiger partial charge in [-0.25, -0.2) is 9.78 Å². The van der Waals surface area contributed by atoms with Crippen LogP contribution in [0.2, 0.25) is 0 Å². The summed E-state index contributed by atoms with van der Waals surface area (Å²) in [5, 5.41) is 7.59. The molecule has 2 unspecified atom stereocenters. The second kappa shape index (κ2) is 10.6. The standard InChI is InChI=1S/C19H33N5O2S/c1-6-26-18(25)16-14(3)22-17(27-16)15(4)23-19(20-5)21-10-12-24-11-8-7-9-13(24)2/h13,15H,6-12H2,1-5H3,(H2,20,21,23). The Balaban J connectivity index is 1.86. The molecule has 1 aromatic heterocycles. The van der Waals surface area contributed by atoms with E-state index in [4.69, 9.17) is 4.74 Å². The molecule has 1 aromatic rings. The first kappa shape index (κ1) is 21.6. The number of rotatable bonds is 7. The number of esters is 1. The van der Waals surface area contributed by atoms with Crippen LogP contribution >= 0.6 is 11.3 Å². The van der Waals surface area contributed by atoms with Crippen LogP contribution in [-0.4, -0.2) is 61.1 Å². The van der Waals surface area contributed by atoms with E-state index in [1.54, 1.807) is 14.0 Å². The fraction of sp³-hybridized carbons (Fsp3) is 0.737. The Bertz CT molecular complexity index is 646. The van der Waals surface area contributed by atoms with E-state index in [9.17, 15) is 4.79 Å². The lowest BCUT2D eigenvalue weighted by atomic mass is 10.0. The average molecular weight is 396 g/mol. The minimum Gasteiger partial charge on any atom is -0.462 e. The summed E-state index contributed by atoms with van der Waals surface area (Å²) in [5.74, 6) is 0.446. The third-order valence-corrected chi connectivity index (χ3v) is 6.17. The zero-order valence-electron chi connectivity index (χ0n) is 17.2. The molecule has 0 saturated carbocycles. The normalized spacial score (nSPS) is 19.6. The molecule has 7 nitrogen and oxygen atoms in total. The number of hydrogen-bond donors (Lipinski definition) is 2. The predicted octanol–water partition coefficient (Wildman–Crippen LogP) is 2.73. The SMILES string of the molecule is CCOC(=O)c1sc(C(C)NC(=NC)NCCN2CCCCC2C)nc1C. The number of thiazole rings is 1. The highest BCUT2D eigenvalue weighted by atomic mass is 32.1. The van der Waals surface area contributed by atoms with Gasteiger partial charge in [-0.3, -0.25) is 9.89 Å². The largest absolute Gasteiger partial charge is 0.462 e. The molecule has 2 N–H and O–H groups in total. The van der Waals surface area contributed by atoms with E-state index in [0.717, 1.165) is 24.1 Å². The first-order chi connectivity index (χ1) is 13.0. The van der Waals surface area contributed by atoms with Gasteiger partial charge in [-0.1, -0.05) is 6.42 Å². The van der Waals surface area contributed by atoms with E-state index in [-0.39, 0.29) is 12.0 Å². The molecule has 8 heteroatoms. The first-order valence-electron chi connectivity index (χ1n) is 9.81. The van der Waals surface area contributed by atoms with Crippen molar-refractivity contribution in [2.45, 2.75) is 59.0 Å². The van der Waals surface area contributed by atoms with Gasteiger partial charge < -0.3 is 15.4 Å². The van der Waals surface area contributed by atoms with Gasteiger partial charge in [0.25, 0.3) is 0 Å². The van der Waals surface area contributed by atoms with Crippen molar-refractivity contribution >= 4 is 23.3 Å². The average Bonchev–Trinajstić information content (AvgIpc) is 3.04. The Hall–Kier alpha value is -1.67. The molecule has 2 heterocycles. The predicted molar refractivity (Wildman–Crippen MR) is 111 cm³/mol. The van der Waals surface area contributed by atoms with Crippen molar-refractivity contribution in [2.75, 3.05) is 33.3 Å². The zero-order valence-corrected chi connectivity index (χ0v) is 18.0. The number of aryl methyl sites for hydroxylation is 1. The van der Waals surface area contributed by atoms with Crippen LogP contribution < -0.4 is 10.6 Å². The molecular weight excluding hydrogens is 362 g/mol. The number of guanidine groups is 1. The van der Waals surface area contributed by atoms with Gasteiger partial charge in [0, 0.05) is 26.2 Å². The van der Waals surface area contributed by atoms with Crippen molar-refractivity contribution < 1.29 is 9.53 Å². The summed E-state index contributed by atoms with van der Waals surface area (Å²) < 4.78 is 5.09. The number of ether oxygens (including phenoxy) is 1. The minimum atomic E-state index is -0.302. The van der Waals surface area contributed by atoms with Crippen LogP contribution in [0.1, 0.15) is 66.4 Å². The van der Waals surface area contributed by atoms with Gasteiger partial charge in [-0.05, 0) is 47.1 Å². The third kappa shape index (κ3) is 6.17. The molecule has 1 fully saturated rings. The number of piperidine rings is 1. The molecule has 152 valence electrons. The summed E-state index contributed by atoms with van der Waals surface area (Å²) in [6.07, 6.45) is 3.92. The van der Waals surface area contributed by atoms with Crippen molar-refractivity contribution in [3.05, 3.63) is 15.6 Å². The van der Waals surface area contributed by atoms with E-state index < -0.39 is 0 Å². The fourth-order valence-electron chi connectivity index (χ4n) is 3.26. The molecule has 0 amide bonds. The topological polar surface area (TPSA) is 78.8 Å². The van der Waals surface area contributed by atoms with E-state index in [0.29, 0.717) is 23.2 Å². The second-order valence-corrected chi connectivity index (χ2v) is 7.96. The van der Waals surface area contributed by atoms with Crippen LogP contribution in [-0.2, 0) is 4.74 Å². The molecule has 0 aromatic carbocycles. The molecule has 1 aliphatic heterocycles. The highest BCUT2D eigenvalue weighted by molar-refractivity contribution is 7.13. The van der Waals surface area contributed by atoms with Crippen molar-refractivity contribution in [3.8, 4) is 0 Å². The summed E-state index contributed by atoms with van der Waals surface area (Å²) in [6, 6.07) is 0.617. The summed E-state index contributed by atoms with van der Waals surface area (Å²) in [6.45, 7) is 11.4. The number of carbonyl (C=O) groups is 1. The molecular formula is C19H33N5O2S. The van der Waals surface area contributed by atoms with Gasteiger partial charge in [0.05, 0.1) is 18.3 Å². The highest BCUT2D eigenvalue weighted by Crippen LogP contribution is 2.24. The molecule has 2 rings (SSSR count). The van der Waals surface area contributed by atoms with Crippen LogP contribution in [0, 0.1) is 6.92 Å². The molecule has 2 atom stereocenters. The van der Waals surface area contributed by atoms with E-state index in [1.165, 1.54) is 37.1 Å². The lowest BCUT2D eigenvalue weighted by Gasteiger charge is -2.33. The molecule has 1 aliphatic rings. The Kier molecular flexibility index (Phi) is 8.50. The Morgan fingerprint density at radius 2 is 2.26 bits per heavy atom. The van der Waals surface area contributed by atoms with Crippen LogP contribution in [0.15, 0.2) is 4.99 Å². The molecule has 0 bridgehead atoms. The second-order valence-electron chi connectivity index (χ2n) is 6.93. The summed E-state index contributed by atoms with van der Waals surface area (Å²) >= 11 is 1.38. The van der Waals surface area contributed by atoms with Gasteiger partial charge in [0.1, 0.15) is 9.88 Å². The van der Waals surface area contributed by atoms with Gasteiger partial charge >= 0.3 is 5.97 Å². The lowest BCUT2D eigenvalue weighted by molar-refractivity contribution is 0.0531. The number of carbonyl (C=O) groups excluding carboxylic acids is 1. The summed E-state index contributed by atoms with van der Waals surface area (Å²) in [5.41, 5.74) is 0.712. The van der Waals surface area contributed by atoms with E-state index in [1.807, 2.05) is 13.8 Å². The van der Waals surface area contributed by atoms with Crippen LogP contribution in [0.4, 0.5) is 0 Å². The third-order valence-electron chi connectivity index (χ3n) is 4.85. The van der Waals surface area contributed by atoms with E-state index in [2.05, 4.69) is 32.4 Å². The maximum absolute atomic E-state index is 12.0. The molecule has 0 spiro atoms. The lowest BCUT2D eigenvalue weighted by Crippen LogP contribution is -2.45. The quantitative estimate of drug-likeness (QED) is 0.420. The van der Waals surface area contributed by atoms with Gasteiger partial charge in [0.15, 0.2) is 5.96 Å². The van der Waals surface area contributed by atoms with Crippen LogP contribution in [0.5, 0.6) is 0 Å². The van der Waals surface area contributed by atoms with Crippen molar-refractivity contribution in [3.63, 3.8) is 0 Å². The van der Waals surface area contributed by atoms with Gasteiger partial charge in [0.2, 0.25) is 0 Å². The fourth-order valence-corrected chi connectivity index (χ4v) is 4.22. The van der Waals surface area contributed by atoms with Gasteiger partial charge in [-0.2, -0.15) is 0 Å². The molecule has 0 radical (unpaired) electrons. The number of nitrogens with one attached hydrogen (secondary N) is 2. The Labute approximate surface area is 166 Å². The molecule has 27 heavy (non-hydrogen) atoms. The summed E-state index contributed by atoms with van der Waals surface area (Å²) in [4.78, 5) is 23.9. The minimum absolute atomic E-state index is 0.0445. The monoisotopic (exact) mass is 395 g/mol. The van der Waals surface area contributed by atoms with Crippen molar-refractivity contribution in [2.24, 2.45) is 4.99 Å². The van der Waals surface area contributed by atoms with Crippen LogP contribution in [0.25, 0.3) is 0 Å². The van der Waals surface area contributed by atoms with Crippen molar-refractivity contribution in [1.82, 2.24) is 20.5 Å². The number of aliphatic imine (C=N–C) groups is 1. The van der Waals surface area contributed by atoms with Crippen LogP contribution in [0.3, 0.4) is 0 Å². The molecule has 0 aliphatic carbocycles. The number of aromatic nitrogens is 1. The van der Waals surface area contributed by atoms with Gasteiger partial charge in [-0.15, -0.1) is 11.3 Å². The van der Waals surface area contributed by atoms with E-state index >= 15 is 0 Å². The number of hydrogen-bond acceptors (Lipinski definition) is 6. The zero-order chi connectivity index (χ0) is 19.8. The number of nitrogens with zero attached hydrogens (tertiary/aromatic N) is 3. The van der Waals surface area contributed by atoms with Crippen molar-refractivity contribution in [1.29, 1.82) is 0 Å². The smallest absolute Gasteiger partial charge is 0.350 e. The maximum atomic E-state index is 12.0. The highest BCUT2D eigenvalue weighted by Gasteiger charge is 2.20. The Morgan fingerprint density at radius 1 is 1.48 bits per heavy atom. The molecule has 1 saturated heterocycles. The Morgan fingerprint density at radius 3 is 2.93 bits per heavy atom. The maximum Gasteiger partial charge on any atom is 0.350 e. The number of likely N-dealkylation sites (tertiary alicyclic amines) is 1. The summed E-state index contributed by atoms with van der Waals surface area (Å²) in [7, 11) is 1.77.